The van der Waals surface area contributed by atoms with Crippen LogP contribution in [-0.4, -0.2) is 57.0 Å². The monoisotopic (exact) mass is 288 g/mol. The SMILES string of the molecule is CCNCC1(CN2CCS(=O)(=O)CC2C)CCCC1. The van der Waals surface area contributed by atoms with E-state index in [0.29, 0.717) is 16.9 Å². The number of sulfone groups is 1. The van der Waals surface area contributed by atoms with E-state index < -0.39 is 9.84 Å². The van der Waals surface area contributed by atoms with Crippen LogP contribution in [0, 0.1) is 5.41 Å². The van der Waals surface area contributed by atoms with E-state index in [4.69, 9.17) is 0 Å². The summed E-state index contributed by atoms with van der Waals surface area (Å²) in [6.07, 6.45) is 5.23. The quantitative estimate of drug-likeness (QED) is 0.828. The smallest absolute Gasteiger partial charge is 0.153 e. The Morgan fingerprint density at radius 1 is 1.32 bits per heavy atom. The second kappa shape index (κ2) is 6.10. The molecule has 2 fully saturated rings. The van der Waals surface area contributed by atoms with Gasteiger partial charge in [0.25, 0.3) is 0 Å². The van der Waals surface area contributed by atoms with Gasteiger partial charge in [0.2, 0.25) is 0 Å². The van der Waals surface area contributed by atoms with E-state index >= 15 is 0 Å². The predicted octanol–water partition coefficient (Wildman–Crippen LogP) is 1.28. The van der Waals surface area contributed by atoms with Crippen LogP contribution >= 0.6 is 0 Å². The zero-order valence-corrected chi connectivity index (χ0v) is 13.1. The summed E-state index contributed by atoms with van der Waals surface area (Å²) in [7, 11) is -2.79. The van der Waals surface area contributed by atoms with Crippen molar-refractivity contribution in [1.82, 2.24) is 10.2 Å². The second-order valence-corrected chi connectivity index (χ2v) is 8.65. The summed E-state index contributed by atoms with van der Waals surface area (Å²) in [5.74, 6) is 0.679. The lowest BCUT2D eigenvalue weighted by atomic mass is 9.85. The van der Waals surface area contributed by atoms with E-state index in [1.165, 1.54) is 25.7 Å². The average Bonchev–Trinajstić information content (AvgIpc) is 2.79. The molecule has 0 spiro atoms. The fourth-order valence-corrected chi connectivity index (χ4v) is 5.23. The Morgan fingerprint density at radius 3 is 2.58 bits per heavy atom. The van der Waals surface area contributed by atoms with E-state index in [1.54, 1.807) is 0 Å². The highest BCUT2D eigenvalue weighted by Crippen LogP contribution is 2.39. The van der Waals surface area contributed by atoms with Crippen molar-refractivity contribution < 1.29 is 8.42 Å². The van der Waals surface area contributed by atoms with Gasteiger partial charge in [-0.25, -0.2) is 8.42 Å². The molecule has 0 amide bonds. The highest BCUT2D eigenvalue weighted by Gasteiger charge is 2.38. The lowest BCUT2D eigenvalue weighted by molar-refractivity contribution is 0.125. The van der Waals surface area contributed by atoms with Gasteiger partial charge in [0.05, 0.1) is 11.5 Å². The molecule has 112 valence electrons. The van der Waals surface area contributed by atoms with Crippen molar-refractivity contribution in [3.05, 3.63) is 0 Å². The van der Waals surface area contributed by atoms with Gasteiger partial charge in [-0.3, -0.25) is 4.90 Å². The summed E-state index contributed by atoms with van der Waals surface area (Å²) in [5.41, 5.74) is 0.380. The minimum absolute atomic E-state index is 0.179. The molecule has 1 saturated carbocycles. The first-order chi connectivity index (χ1) is 8.96. The molecule has 19 heavy (non-hydrogen) atoms. The molecule has 1 N–H and O–H groups in total. The Balaban J connectivity index is 1.98. The summed E-state index contributed by atoms with van der Waals surface area (Å²) in [5, 5.41) is 3.51. The molecule has 1 heterocycles. The molecule has 1 saturated heterocycles. The van der Waals surface area contributed by atoms with E-state index in [9.17, 15) is 8.42 Å². The maximum absolute atomic E-state index is 11.7. The minimum atomic E-state index is -2.79. The van der Waals surface area contributed by atoms with Gasteiger partial charge in [-0.1, -0.05) is 19.8 Å². The minimum Gasteiger partial charge on any atom is -0.316 e. The van der Waals surface area contributed by atoms with E-state index in [1.807, 2.05) is 0 Å². The van der Waals surface area contributed by atoms with Crippen LogP contribution in [0.25, 0.3) is 0 Å². The zero-order valence-electron chi connectivity index (χ0n) is 12.3. The van der Waals surface area contributed by atoms with E-state index in [-0.39, 0.29) is 6.04 Å². The standard InChI is InChI=1S/C14H28N2O2S/c1-3-15-11-14(6-4-5-7-14)12-16-8-9-19(17,18)10-13(16)2/h13,15H,3-12H2,1-2H3. The Morgan fingerprint density at radius 2 is 2.00 bits per heavy atom. The van der Waals surface area contributed by atoms with Gasteiger partial charge in [0.15, 0.2) is 9.84 Å². The van der Waals surface area contributed by atoms with Crippen LogP contribution in [0.2, 0.25) is 0 Å². The Bertz CT molecular complexity index is 388. The molecular weight excluding hydrogens is 260 g/mol. The van der Waals surface area contributed by atoms with Gasteiger partial charge in [-0.05, 0) is 31.7 Å². The number of hydrogen-bond acceptors (Lipinski definition) is 4. The largest absolute Gasteiger partial charge is 0.316 e. The van der Waals surface area contributed by atoms with Crippen LogP contribution < -0.4 is 5.32 Å². The van der Waals surface area contributed by atoms with Gasteiger partial charge < -0.3 is 5.32 Å². The van der Waals surface area contributed by atoms with Crippen molar-refractivity contribution >= 4 is 9.84 Å². The third-order valence-electron chi connectivity index (χ3n) is 4.76. The maximum atomic E-state index is 11.7. The Hall–Kier alpha value is -0.130. The maximum Gasteiger partial charge on any atom is 0.153 e. The van der Waals surface area contributed by atoms with Crippen molar-refractivity contribution in [2.24, 2.45) is 5.41 Å². The molecule has 5 heteroatoms. The summed E-state index contributed by atoms with van der Waals surface area (Å²) in [6, 6.07) is 0.179. The summed E-state index contributed by atoms with van der Waals surface area (Å²) >= 11 is 0. The number of rotatable bonds is 5. The van der Waals surface area contributed by atoms with Crippen molar-refractivity contribution in [2.75, 3.05) is 37.7 Å². The van der Waals surface area contributed by atoms with Crippen molar-refractivity contribution in [1.29, 1.82) is 0 Å². The fraction of sp³-hybridized carbons (Fsp3) is 1.00. The molecule has 0 aromatic rings. The number of nitrogens with zero attached hydrogens (tertiary/aromatic N) is 1. The second-order valence-electron chi connectivity index (χ2n) is 6.42. The van der Waals surface area contributed by atoms with Crippen LogP contribution in [0.15, 0.2) is 0 Å². The summed E-state index contributed by atoms with van der Waals surface area (Å²) < 4.78 is 23.3. The molecule has 0 aromatic heterocycles. The molecule has 0 aromatic carbocycles. The lowest BCUT2D eigenvalue weighted by Crippen LogP contribution is -2.52. The van der Waals surface area contributed by atoms with Crippen LogP contribution in [0.1, 0.15) is 39.5 Å². The van der Waals surface area contributed by atoms with E-state index in [0.717, 1.165) is 26.2 Å². The van der Waals surface area contributed by atoms with Crippen LogP contribution in [0.3, 0.4) is 0 Å². The first-order valence-corrected chi connectivity index (χ1v) is 9.44. The first-order valence-electron chi connectivity index (χ1n) is 7.62. The normalized spacial score (nSPS) is 30.5. The predicted molar refractivity (Wildman–Crippen MR) is 79.1 cm³/mol. The first kappa shape index (κ1) is 15.3. The third-order valence-corrected chi connectivity index (χ3v) is 6.56. The van der Waals surface area contributed by atoms with Gasteiger partial charge in [-0.2, -0.15) is 0 Å². The van der Waals surface area contributed by atoms with Gasteiger partial charge in [-0.15, -0.1) is 0 Å². The Kier molecular flexibility index (Phi) is 4.90. The molecule has 1 aliphatic heterocycles. The fourth-order valence-electron chi connectivity index (χ4n) is 3.60. The lowest BCUT2D eigenvalue weighted by Gasteiger charge is -2.40. The van der Waals surface area contributed by atoms with Crippen LogP contribution in [-0.2, 0) is 9.84 Å². The molecule has 1 aliphatic carbocycles. The summed E-state index contributed by atoms with van der Waals surface area (Å²) in [4.78, 5) is 2.41. The third kappa shape index (κ3) is 3.92. The molecule has 1 unspecified atom stereocenters. The van der Waals surface area contributed by atoms with Crippen LogP contribution in [0.5, 0.6) is 0 Å². The number of hydrogen-bond donors (Lipinski definition) is 1. The van der Waals surface area contributed by atoms with Gasteiger partial charge in [0.1, 0.15) is 0 Å². The van der Waals surface area contributed by atoms with Gasteiger partial charge in [0, 0.05) is 25.7 Å². The van der Waals surface area contributed by atoms with Crippen molar-refractivity contribution in [3.63, 3.8) is 0 Å². The average molecular weight is 288 g/mol. The topological polar surface area (TPSA) is 49.4 Å². The zero-order chi connectivity index (χ0) is 13.9. The van der Waals surface area contributed by atoms with Crippen molar-refractivity contribution in [2.45, 2.75) is 45.6 Å². The van der Waals surface area contributed by atoms with E-state index in [2.05, 4.69) is 24.1 Å². The van der Waals surface area contributed by atoms with Crippen LogP contribution in [0.4, 0.5) is 0 Å². The molecule has 2 aliphatic rings. The highest BCUT2D eigenvalue weighted by atomic mass is 32.2. The highest BCUT2D eigenvalue weighted by molar-refractivity contribution is 7.91. The molecule has 4 nitrogen and oxygen atoms in total. The Labute approximate surface area is 117 Å². The molecule has 1 atom stereocenters. The molecule has 2 rings (SSSR count). The molecule has 0 bridgehead atoms. The number of nitrogens with one attached hydrogen (secondary N) is 1. The molecule has 0 radical (unpaired) electrons. The van der Waals surface area contributed by atoms with Crippen molar-refractivity contribution in [3.8, 4) is 0 Å². The summed E-state index contributed by atoms with van der Waals surface area (Å²) in [6.45, 7) is 8.10. The molecular formula is C14H28N2O2S. The van der Waals surface area contributed by atoms with Gasteiger partial charge >= 0.3 is 0 Å².